The molecule has 1 aromatic carbocycles. The highest BCUT2D eigenvalue weighted by Gasteiger charge is 2.17. The van der Waals surface area contributed by atoms with Gasteiger partial charge in [0.15, 0.2) is 10.4 Å². The van der Waals surface area contributed by atoms with E-state index in [1.165, 1.54) is 23.1 Å². The molecule has 1 aromatic heterocycles. The van der Waals surface area contributed by atoms with Crippen molar-refractivity contribution in [2.45, 2.75) is 24.3 Å². The number of hydrogen-bond donors (Lipinski definition) is 1. The van der Waals surface area contributed by atoms with Crippen LogP contribution in [-0.2, 0) is 4.79 Å². The number of carbonyl (C=O) groups excluding carboxylic acids is 1. The van der Waals surface area contributed by atoms with E-state index in [0.717, 1.165) is 9.90 Å². The van der Waals surface area contributed by atoms with Crippen molar-refractivity contribution in [1.82, 2.24) is 10.2 Å². The Bertz CT molecular complexity index is 601. The summed E-state index contributed by atoms with van der Waals surface area (Å²) < 4.78 is 6.46. The second-order valence-electron chi connectivity index (χ2n) is 4.09. The van der Waals surface area contributed by atoms with E-state index in [1.807, 2.05) is 37.4 Å². The standard InChI is InChI=1S/C13H15N3O2S2/c1-8-6-4-5-7-10(8)18-9(2)11(17)14-12-15-16-13(19-3)20-12/h4-7,9H,1-3H3,(H,14,15,17). The van der Waals surface area contributed by atoms with Gasteiger partial charge in [0.05, 0.1) is 0 Å². The maximum absolute atomic E-state index is 12.0. The molecule has 0 aliphatic carbocycles. The zero-order valence-corrected chi connectivity index (χ0v) is 13.0. The van der Waals surface area contributed by atoms with Crippen LogP contribution in [0.4, 0.5) is 5.13 Å². The number of thioether (sulfide) groups is 1. The van der Waals surface area contributed by atoms with Gasteiger partial charge in [0.1, 0.15) is 5.75 Å². The number of para-hydroxylation sites is 1. The van der Waals surface area contributed by atoms with Crippen LogP contribution in [-0.4, -0.2) is 28.5 Å². The van der Waals surface area contributed by atoms with Gasteiger partial charge in [0.25, 0.3) is 5.91 Å². The molecule has 1 amide bonds. The molecule has 2 rings (SSSR count). The Labute approximate surface area is 125 Å². The maximum atomic E-state index is 12.0. The van der Waals surface area contributed by atoms with Crippen molar-refractivity contribution in [3.8, 4) is 5.75 Å². The van der Waals surface area contributed by atoms with Gasteiger partial charge in [-0.15, -0.1) is 10.2 Å². The van der Waals surface area contributed by atoms with Crippen LogP contribution < -0.4 is 10.1 Å². The highest BCUT2D eigenvalue weighted by atomic mass is 32.2. The van der Waals surface area contributed by atoms with E-state index >= 15 is 0 Å². The molecule has 1 atom stereocenters. The molecule has 5 nitrogen and oxygen atoms in total. The topological polar surface area (TPSA) is 64.1 Å². The Morgan fingerprint density at radius 3 is 2.80 bits per heavy atom. The molecular weight excluding hydrogens is 294 g/mol. The van der Waals surface area contributed by atoms with E-state index in [1.54, 1.807) is 6.92 Å². The quantitative estimate of drug-likeness (QED) is 0.679. The van der Waals surface area contributed by atoms with Gasteiger partial charge in [-0.05, 0) is 31.7 Å². The number of benzene rings is 1. The molecule has 0 fully saturated rings. The fourth-order valence-electron chi connectivity index (χ4n) is 1.48. The van der Waals surface area contributed by atoms with Gasteiger partial charge in [-0.1, -0.05) is 41.3 Å². The minimum atomic E-state index is -0.599. The second-order valence-corrected chi connectivity index (χ2v) is 6.12. The smallest absolute Gasteiger partial charge is 0.266 e. The zero-order valence-electron chi connectivity index (χ0n) is 11.4. The Hall–Kier alpha value is -1.60. The lowest BCUT2D eigenvalue weighted by atomic mass is 10.2. The fraction of sp³-hybridized carbons (Fsp3) is 0.308. The van der Waals surface area contributed by atoms with Crippen molar-refractivity contribution in [2.24, 2.45) is 0 Å². The number of anilines is 1. The first-order valence-electron chi connectivity index (χ1n) is 6.01. The minimum absolute atomic E-state index is 0.239. The van der Waals surface area contributed by atoms with Crippen LogP contribution in [0.5, 0.6) is 5.75 Å². The molecule has 0 aliphatic heterocycles. The first kappa shape index (κ1) is 14.8. The van der Waals surface area contributed by atoms with Crippen LogP contribution in [0, 0.1) is 6.92 Å². The molecule has 1 N–H and O–H groups in total. The van der Waals surface area contributed by atoms with Crippen molar-refractivity contribution in [2.75, 3.05) is 11.6 Å². The normalized spacial score (nSPS) is 11.9. The molecule has 1 unspecified atom stereocenters. The van der Waals surface area contributed by atoms with E-state index in [4.69, 9.17) is 4.74 Å². The van der Waals surface area contributed by atoms with Crippen molar-refractivity contribution < 1.29 is 9.53 Å². The second kappa shape index (κ2) is 6.71. The van der Waals surface area contributed by atoms with Gasteiger partial charge >= 0.3 is 0 Å². The van der Waals surface area contributed by atoms with E-state index in [0.29, 0.717) is 10.9 Å². The highest BCUT2D eigenvalue weighted by Crippen LogP contribution is 2.23. The summed E-state index contributed by atoms with van der Waals surface area (Å²) in [5, 5.41) is 11.0. The lowest BCUT2D eigenvalue weighted by Crippen LogP contribution is -2.30. The van der Waals surface area contributed by atoms with Crippen molar-refractivity contribution in [1.29, 1.82) is 0 Å². The van der Waals surface area contributed by atoms with E-state index in [2.05, 4.69) is 15.5 Å². The molecule has 0 aliphatic rings. The summed E-state index contributed by atoms with van der Waals surface area (Å²) in [5.41, 5.74) is 0.993. The summed E-state index contributed by atoms with van der Waals surface area (Å²) in [6.07, 6.45) is 1.31. The molecule has 0 saturated carbocycles. The summed E-state index contributed by atoms with van der Waals surface area (Å²) in [5.74, 6) is 0.467. The Morgan fingerprint density at radius 2 is 2.15 bits per heavy atom. The summed E-state index contributed by atoms with van der Waals surface area (Å²) in [7, 11) is 0. The third-order valence-electron chi connectivity index (χ3n) is 2.58. The molecule has 106 valence electrons. The molecule has 0 saturated heterocycles. The van der Waals surface area contributed by atoms with Gasteiger partial charge in [0.2, 0.25) is 5.13 Å². The van der Waals surface area contributed by atoms with Gasteiger partial charge < -0.3 is 4.74 Å². The molecule has 2 aromatic rings. The average Bonchev–Trinajstić information content (AvgIpc) is 2.89. The maximum Gasteiger partial charge on any atom is 0.266 e. The highest BCUT2D eigenvalue weighted by molar-refractivity contribution is 8.00. The van der Waals surface area contributed by atoms with Crippen LogP contribution in [0.2, 0.25) is 0 Å². The average molecular weight is 309 g/mol. The van der Waals surface area contributed by atoms with E-state index < -0.39 is 6.10 Å². The molecule has 7 heteroatoms. The number of nitrogens with zero attached hydrogens (tertiary/aromatic N) is 2. The molecule has 0 bridgehead atoms. The van der Waals surface area contributed by atoms with Gasteiger partial charge in [-0.3, -0.25) is 10.1 Å². The third-order valence-corrected chi connectivity index (χ3v) is 4.39. The third kappa shape index (κ3) is 3.71. The minimum Gasteiger partial charge on any atom is -0.481 e. The Kier molecular flexibility index (Phi) is 4.97. The number of rotatable bonds is 5. The lowest BCUT2D eigenvalue weighted by Gasteiger charge is -2.15. The van der Waals surface area contributed by atoms with Crippen LogP contribution >= 0.6 is 23.1 Å². The van der Waals surface area contributed by atoms with Crippen LogP contribution in [0.15, 0.2) is 28.6 Å². The van der Waals surface area contributed by atoms with E-state index in [-0.39, 0.29) is 5.91 Å². The lowest BCUT2D eigenvalue weighted by molar-refractivity contribution is -0.122. The summed E-state index contributed by atoms with van der Waals surface area (Å²) in [4.78, 5) is 12.0. The molecular formula is C13H15N3O2S2. The number of nitrogens with one attached hydrogen (secondary N) is 1. The zero-order chi connectivity index (χ0) is 14.5. The van der Waals surface area contributed by atoms with Gasteiger partial charge in [0, 0.05) is 0 Å². The number of aromatic nitrogens is 2. The predicted molar refractivity (Wildman–Crippen MR) is 81.6 cm³/mol. The Balaban J connectivity index is 1.97. The summed E-state index contributed by atoms with van der Waals surface area (Å²) >= 11 is 2.83. The molecule has 1 heterocycles. The number of ether oxygens (including phenoxy) is 1. The largest absolute Gasteiger partial charge is 0.481 e. The van der Waals surface area contributed by atoms with E-state index in [9.17, 15) is 4.79 Å². The van der Waals surface area contributed by atoms with Crippen LogP contribution in [0.25, 0.3) is 0 Å². The first-order valence-corrected chi connectivity index (χ1v) is 8.05. The SMILES string of the molecule is CSc1nnc(NC(=O)C(C)Oc2ccccc2C)s1. The molecule has 0 radical (unpaired) electrons. The number of hydrogen-bond acceptors (Lipinski definition) is 6. The Morgan fingerprint density at radius 1 is 1.40 bits per heavy atom. The number of aryl methyl sites for hydroxylation is 1. The molecule has 0 spiro atoms. The fourth-order valence-corrected chi connectivity index (χ4v) is 2.66. The van der Waals surface area contributed by atoms with Crippen LogP contribution in [0.3, 0.4) is 0 Å². The first-order chi connectivity index (χ1) is 9.60. The predicted octanol–water partition coefficient (Wildman–Crippen LogP) is 2.97. The van der Waals surface area contributed by atoms with Gasteiger partial charge in [-0.2, -0.15) is 0 Å². The number of carbonyl (C=O) groups is 1. The molecule has 20 heavy (non-hydrogen) atoms. The van der Waals surface area contributed by atoms with Gasteiger partial charge in [-0.25, -0.2) is 0 Å². The van der Waals surface area contributed by atoms with Crippen molar-refractivity contribution in [3.63, 3.8) is 0 Å². The summed E-state index contributed by atoms with van der Waals surface area (Å²) in [6, 6.07) is 7.59. The van der Waals surface area contributed by atoms with Crippen LogP contribution in [0.1, 0.15) is 12.5 Å². The van der Waals surface area contributed by atoms with Crippen molar-refractivity contribution >= 4 is 34.1 Å². The van der Waals surface area contributed by atoms with Crippen molar-refractivity contribution in [3.05, 3.63) is 29.8 Å². The summed E-state index contributed by atoms with van der Waals surface area (Å²) in [6.45, 7) is 3.65. The number of amides is 1. The monoisotopic (exact) mass is 309 g/mol.